The fourth-order valence-electron chi connectivity index (χ4n) is 2.88. The lowest BCUT2D eigenvalue weighted by atomic mass is 10.0. The molecule has 20 heavy (non-hydrogen) atoms. The molecule has 2 heterocycles. The third kappa shape index (κ3) is 2.33. The van der Waals surface area contributed by atoms with Gasteiger partial charge in [-0.15, -0.1) is 0 Å². The molecule has 0 bridgehead atoms. The van der Waals surface area contributed by atoms with Crippen molar-refractivity contribution in [3.8, 4) is 0 Å². The molecule has 0 saturated heterocycles. The Morgan fingerprint density at radius 2 is 2.20 bits per heavy atom. The van der Waals surface area contributed by atoms with Gasteiger partial charge in [-0.1, -0.05) is 30.3 Å². The van der Waals surface area contributed by atoms with E-state index in [4.69, 9.17) is 4.74 Å². The van der Waals surface area contributed by atoms with Crippen molar-refractivity contribution in [2.75, 3.05) is 7.11 Å². The van der Waals surface area contributed by atoms with Gasteiger partial charge in [0.1, 0.15) is 11.9 Å². The Balaban J connectivity index is 1.94. The molecule has 0 saturated carbocycles. The molecule has 0 amide bonds. The number of hydrogen-bond donors (Lipinski definition) is 0. The molecule has 1 aromatic heterocycles. The molecule has 2 aromatic rings. The van der Waals surface area contributed by atoms with Gasteiger partial charge in [-0.2, -0.15) is 0 Å². The summed E-state index contributed by atoms with van der Waals surface area (Å²) in [5, 5.41) is 0. The summed E-state index contributed by atoms with van der Waals surface area (Å²) in [5.74, 6) is 0.777. The molecule has 104 valence electrons. The van der Waals surface area contributed by atoms with Crippen LogP contribution in [0.3, 0.4) is 0 Å². The molecule has 1 atom stereocenters. The first kappa shape index (κ1) is 12.9. The van der Waals surface area contributed by atoms with E-state index in [1.54, 1.807) is 0 Å². The van der Waals surface area contributed by atoms with E-state index in [0.29, 0.717) is 0 Å². The number of nitrogens with zero attached hydrogens (tertiary/aromatic N) is 2. The summed E-state index contributed by atoms with van der Waals surface area (Å²) in [4.78, 5) is 16.5. The van der Waals surface area contributed by atoms with Gasteiger partial charge in [0.25, 0.3) is 0 Å². The summed E-state index contributed by atoms with van der Waals surface area (Å²) in [6, 6.07) is 9.99. The monoisotopic (exact) mass is 270 g/mol. The predicted molar refractivity (Wildman–Crippen MR) is 75.5 cm³/mol. The van der Waals surface area contributed by atoms with Crippen LogP contribution in [0.5, 0.6) is 0 Å². The van der Waals surface area contributed by atoms with E-state index in [0.717, 1.165) is 37.2 Å². The molecule has 0 fully saturated rings. The van der Waals surface area contributed by atoms with Crippen LogP contribution < -0.4 is 0 Å². The summed E-state index contributed by atoms with van der Waals surface area (Å²) in [6.45, 7) is 0. The highest BCUT2D eigenvalue weighted by Crippen LogP contribution is 2.28. The molecule has 0 spiro atoms. The largest absolute Gasteiger partial charge is 0.467 e. The van der Waals surface area contributed by atoms with Crippen LogP contribution >= 0.6 is 0 Å². The minimum absolute atomic E-state index is 0.168. The Hall–Kier alpha value is -2.10. The van der Waals surface area contributed by atoms with Crippen LogP contribution in [-0.2, 0) is 22.4 Å². The van der Waals surface area contributed by atoms with Crippen LogP contribution in [-0.4, -0.2) is 22.6 Å². The molecule has 1 unspecified atom stereocenters. The Morgan fingerprint density at radius 3 is 2.95 bits per heavy atom. The van der Waals surface area contributed by atoms with Gasteiger partial charge in [0, 0.05) is 18.3 Å². The van der Waals surface area contributed by atoms with Gasteiger partial charge in [0.15, 0.2) is 0 Å². The SMILES string of the molecule is COC(=O)C1CCCc2cnc(Cc3ccccc3)n21. The Kier molecular flexibility index (Phi) is 3.54. The number of aromatic nitrogens is 2. The third-order valence-corrected chi connectivity index (χ3v) is 3.85. The quantitative estimate of drug-likeness (QED) is 0.805. The van der Waals surface area contributed by atoms with Crippen LogP contribution in [0, 0.1) is 0 Å². The second-order valence-corrected chi connectivity index (χ2v) is 5.13. The van der Waals surface area contributed by atoms with Crippen LogP contribution in [0.15, 0.2) is 36.5 Å². The van der Waals surface area contributed by atoms with Crippen LogP contribution in [0.4, 0.5) is 0 Å². The van der Waals surface area contributed by atoms with E-state index < -0.39 is 0 Å². The van der Waals surface area contributed by atoms with E-state index in [9.17, 15) is 4.79 Å². The number of fused-ring (bicyclic) bond motifs is 1. The van der Waals surface area contributed by atoms with Gasteiger partial charge in [0.05, 0.1) is 7.11 Å². The summed E-state index contributed by atoms with van der Waals surface area (Å²) in [7, 11) is 1.45. The third-order valence-electron chi connectivity index (χ3n) is 3.85. The molecule has 4 nitrogen and oxygen atoms in total. The van der Waals surface area contributed by atoms with Crippen molar-refractivity contribution in [1.29, 1.82) is 0 Å². The summed E-state index contributed by atoms with van der Waals surface area (Å²) < 4.78 is 7.01. The first-order chi connectivity index (χ1) is 9.79. The fourth-order valence-corrected chi connectivity index (χ4v) is 2.88. The number of benzene rings is 1. The topological polar surface area (TPSA) is 44.1 Å². The predicted octanol–water partition coefficient (Wildman–Crippen LogP) is 2.52. The summed E-state index contributed by atoms with van der Waals surface area (Å²) in [5.41, 5.74) is 2.34. The molecular formula is C16H18N2O2. The van der Waals surface area contributed by atoms with E-state index >= 15 is 0 Å². The van der Waals surface area contributed by atoms with E-state index in [1.807, 2.05) is 24.4 Å². The highest BCUT2D eigenvalue weighted by molar-refractivity contribution is 5.74. The Labute approximate surface area is 118 Å². The number of aryl methyl sites for hydroxylation is 1. The standard InChI is InChI=1S/C16H18N2O2/c1-20-16(19)14-9-5-8-13-11-17-15(18(13)14)10-12-6-3-2-4-7-12/h2-4,6-7,11,14H,5,8-10H2,1H3. The van der Waals surface area contributed by atoms with Crippen molar-refractivity contribution in [3.05, 3.63) is 53.6 Å². The van der Waals surface area contributed by atoms with Crippen molar-refractivity contribution < 1.29 is 9.53 Å². The first-order valence-electron chi connectivity index (χ1n) is 6.96. The van der Waals surface area contributed by atoms with E-state index in [2.05, 4.69) is 21.7 Å². The Morgan fingerprint density at radius 1 is 1.40 bits per heavy atom. The molecule has 1 aliphatic rings. The van der Waals surface area contributed by atoms with Crippen molar-refractivity contribution >= 4 is 5.97 Å². The van der Waals surface area contributed by atoms with Gasteiger partial charge >= 0.3 is 5.97 Å². The number of esters is 1. The van der Waals surface area contributed by atoms with Crippen molar-refractivity contribution in [2.45, 2.75) is 31.7 Å². The maximum Gasteiger partial charge on any atom is 0.328 e. The van der Waals surface area contributed by atoms with E-state index in [-0.39, 0.29) is 12.0 Å². The maximum atomic E-state index is 12.0. The molecule has 0 radical (unpaired) electrons. The minimum Gasteiger partial charge on any atom is -0.467 e. The normalized spacial score (nSPS) is 17.6. The lowest BCUT2D eigenvalue weighted by molar-refractivity contribution is -0.145. The second-order valence-electron chi connectivity index (χ2n) is 5.13. The van der Waals surface area contributed by atoms with Gasteiger partial charge in [-0.05, 0) is 24.8 Å². The Bertz CT molecular complexity index is 604. The number of imidazole rings is 1. The number of methoxy groups -OCH3 is 1. The minimum atomic E-state index is -0.218. The average Bonchev–Trinajstić information content (AvgIpc) is 2.91. The molecule has 4 heteroatoms. The molecule has 0 N–H and O–H groups in total. The maximum absolute atomic E-state index is 12.0. The van der Waals surface area contributed by atoms with Gasteiger partial charge in [0.2, 0.25) is 0 Å². The second kappa shape index (κ2) is 5.49. The highest BCUT2D eigenvalue weighted by Gasteiger charge is 2.29. The molecule has 1 aliphatic heterocycles. The van der Waals surface area contributed by atoms with Crippen LogP contribution in [0.25, 0.3) is 0 Å². The van der Waals surface area contributed by atoms with Crippen molar-refractivity contribution in [1.82, 2.24) is 9.55 Å². The van der Waals surface area contributed by atoms with E-state index in [1.165, 1.54) is 12.7 Å². The molecule has 1 aromatic carbocycles. The molecule has 0 aliphatic carbocycles. The van der Waals surface area contributed by atoms with Crippen molar-refractivity contribution in [3.63, 3.8) is 0 Å². The summed E-state index contributed by atoms with van der Waals surface area (Å²) >= 11 is 0. The number of carbonyl (C=O) groups excluding carboxylic acids is 1. The lowest BCUT2D eigenvalue weighted by Crippen LogP contribution is -2.27. The smallest absolute Gasteiger partial charge is 0.328 e. The lowest BCUT2D eigenvalue weighted by Gasteiger charge is -2.25. The molecular weight excluding hydrogens is 252 g/mol. The highest BCUT2D eigenvalue weighted by atomic mass is 16.5. The zero-order valence-corrected chi connectivity index (χ0v) is 11.6. The first-order valence-corrected chi connectivity index (χ1v) is 6.96. The van der Waals surface area contributed by atoms with Crippen LogP contribution in [0.2, 0.25) is 0 Å². The van der Waals surface area contributed by atoms with Gasteiger partial charge < -0.3 is 9.30 Å². The zero-order valence-electron chi connectivity index (χ0n) is 11.6. The van der Waals surface area contributed by atoms with Crippen LogP contribution in [0.1, 0.15) is 36.0 Å². The number of hydrogen-bond acceptors (Lipinski definition) is 3. The van der Waals surface area contributed by atoms with Gasteiger partial charge in [-0.25, -0.2) is 9.78 Å². The molecule has 3 rings (SSSR count). The average molecular weight is 270 g/mol. The van der Waals surface area contributed by atoms with Crippen molar-refractivity contribution in [2.24, 2.45) is 0 Å². The fraction of sp³-hybridized carbons (Fsp3) is 0.375. The number of rotatable bonds is 3. The summed E-state index contributed by atoms with van der Waals surface area (Å²) in [6.07, 6.45) is 5.46. The number of carbonyl (C=O) groups is 1. The van der Waals surface area contributed by atoms with Gasteiger partial charge in [-0.3, -0.25) is 0 Å². The zero-order chi connectivity index (χ0) is 13.9. The number of ether oxygens (including phenoxy) is 1.